The van der Waals surface area contributed by atoms with Gasteiger partial charge in [0.25, 0.3) is 0 Å². The number of carbonyl (C=O) groups is 1. The zero-order chi connectivity index (χ0) is 9.14. The van der Waals surface area contributed by atoms with E-state index in [1.807, 2.05) is 0 Å². The summed E-state index contributed by atoms with van der Waals surface area (Å²) >= 11 is 8.13. The molecular weight excluding hydrogens is 246 g/mol. The summed E-state index contributed by atoms with van der Waals surface area (Å²) in [5, 5.41) is -0.489. The van der Waals surface area contributed by atoms with Crippen LogP contribution in [0.3, 0.4) is 0 Å². The molecule has 0 unspecified atom stereocenters. The normalized spacial score (nSPS) is 9.92. The summed E-state index contributed by atoms with van der Waals surface area (Å²) in [5.74, 6) is -0.384. The molecule has 0 saturated heterocycles. The van der Waals surface area contributed by atoms with E-state index in [4.69, 9.17) is 11.6 Å². The van der Waals surface area contributed by atoms with Gasteiger partial charge in [-0.2, -0.15) is 0 Å². The summed E-state index contributed by atoms with van der Waals surface area (Å²) in [4.78, 5) is 10.4. The van der Waals surface area contributed by atoms with Crippen molar-refractivity contribution in [3.63, 3.8) is 0 Å². The van der Waals surface area contributed by atoms with Crippen LogP contribution in [0.25, 0.3) is 0 Å². The smallest absolute Gasteiger partial charge is 0.226 e. The van der Waals surface area contributed by atoms with Crippen molar-refractivity contribution in [2.75, 3.05) is 0 Å². The summed E-state index contributed by atoms with van der Waals surface area (Å²) < 4.78 is 13.2. The van der Waals surface area contributed by atoms with Gasteiger partial charge in [0.2, 0.25) is 5.24 Å². The lowest BCUT2D eigenvalue weighted by Gasteiger charge is -1.97. The van der Waals surface area contributed by atoms with E-state index in [2.05, 4.69) is 15.9 Å². The number of carbonyl (C=O) groups excluding carboxylic acids is 1. The van der Waals surface area contributed by atoms with Crippen LogP contribution in [0.1, 0.15) is 5.56 Å². The Morgan fingerprint density at radius 2 is 2.25 bits per heavy atom. The van der Waals surface area contributed by atoms with Crippen LogP contribution in [-0.2, 0) is 11.2 Å². The largest absolute Gasteiger partial charge is 0.281 e. The third-order valence-electron chi connectivity index (χ3n) is 1.33. The summed E-state index contributed by atoms with van der Waals surface area (Å²) in [5.41, 5.74) is 0.579. The van der Waals surface area contributed by atoms with Crippen molar-refractivity contribution in [1.29, 1.82) is 0 Å². The van der Waals surface area contributed by atoms with Crippen molar-refractivity contribution in [2.24, 2.45) is 0 Å². The molecule has 0 fully saturated rings. The minimum Gasteiger partial charge on any atom is -0.281 e. The molecule has 0 aliphatic carbocycles. The quantitative estimate of drug-likeness (QED) is 0.739. The van der Waals surface area contributed by atoms with Crippen LogP contribution < -0.4 is 0 Å². The van der Waals surface area contributed by atoms with Crippen LogP contribution in [0, 0.1) is 5.82 Å². The van der Waals surface area contributed by atoms with Crippen molar-refractivity contribution in [2.45, 2.75) is 6.42 Å². The van der Waals surface area contributed by atoms with E-state index < -0.39 is 5.24 Å². The highest BCUT2D eigenvalue weighted by molar-refractivity contribution is 9.10. The molecule has 0 amide bonds. The zero-order valence-corrected chi connectivity index (χ0v) is 8.32. The molecule has 1 aromatic rings. The molecular formula is C8H5BrClFO. The van der Waals surface area contributed by atoms with Crippen molar-refractivity contribution >= 4 is 32.8 Å². The topological polar surface area (TPSA) is 17.1 Å². The Hall–Kier alpha value is -0.410. The van der Waals surface area contributed by atoms with Crippen LogP contribution in [-0.4, -0.2) is 5.24 Å². The van der Waals surface area contributed by atoms with Crippen molar-refractivity contribution in [1.82, 2.24) is 0 Å². The predicted octanol–water partition coefficient (Wildman–Crippen LogP) is 2.90. The van der Waals surface area contributed by atoms with Crippen molar-refractivity contribution in [3.05, 3.63) is 34.1 Å². The Kier molecular flexibility index (Phi) is 3.23. The van der Waals surface area contributed by atoms with E-state index in [9.17, 15) is 9.18 Å². The third-order valence-corrected chi connectivity index (χ3v) is 2.10. The van der Waals surface area contributed by atoms with Crippen LogP contribution in [0.5, 0.6) is 0 Å². The maximum atomic E-state index is 12.8. The second kappa shape index (κ2) is 4.01. The van der Waals surface area contributed by atoms with Gasteiger partial charge in [-0.3, -0.25) is 4.79 Å². The average Bonchev–Trinajstić information content (AvgIpc) is 1.96. The van der Waals surface area contributed by atoms with E-state index in [0.29, 0.717) is 10.0 Å². The second-order valence-electron chi connectivity index (χ2n) is 2.28. The van der Waals surface area contributed by atoms with Gasteiger partial charge in [-0.05, 0) is 45.2 Å². The van der Waals surface area contributed by atoms with E-state index in [1.54, 1.807) is 12.1 Å². The number of rotatable bonds is 2. The van der Waals surface area contributed by atoms with Crippen molar-refractivity contribution in [3.8, 4) is 0 Å². The molecule has 4 heteroatoms. The lowest BCUT2D eigenvalue weighted by Crippen LogP contribution is -1.93. The lowest BCUT2D eigenvalue weighted by atomic mass is 10.2. The minimum atomic E-state index is -0.489. The first-order valence-corrected chi connectivity index (χ1v) is 4.39. The van der Waals surface area contributed by atoms with Gasteiger partial charge in [-0.15, -0.1) is 0 Å². The third kappa shape index (κ3) is 2.57. The monoisotopic (exact) mass is 250 g/mol. The van der Waals surface area contributed by atoms with E-state index >= 15 is 0 Å². The summed E-state index contributed by atoms with van der Waals surface area (Å²) in [6.07, 6.45) is 0.0613. The first-order valence-electron chi connectivity index (χ1n) is 3.22. The molecule has 1 aromatic carbocycles. The number of halogens is 3. The minimum absolute atomic E-state index is 0.0613. The van der Waals surface area contributed by atoms with Gasteiger partial charge in [-0.25, -0.2) is 4.39 Å². The van der Waals surface area contributed by atoms with Gasteiger partial charge in [0.1, 0.15) is 5.82 Å². The van der Waals surface area contributed by atoms with E-state index in [-0.39, 0.29) is 12.2 Å². The zero-order valence-electron chi connectivity index (χ0n) is 5.98. The fourth-order valence-corrected chi connectivity index (χ4v) is 1.21. The molecule has 0 bridgehead atoms. The Balaban J connectivity index is 2.89. The Bertz CT molecular complexity index is 314. The molecule has 0 aromatic heterocycles. The molecule has 0 spiro atoms. The number of hydrogen-bond donors (Lipinski definition) is 0. The molecule has 1 nitrogen and oxygen atoms in total. The van der Waals surface area contributed by atoms with E-state index in [0.717, 1.165) is 0 Å². The van der Waals surface area contributed by atoms with Crippen LogP contribution in [0.15, 0.2) is 22.7 Å². The number of hydrogen-bond acceptors (Lipinski definition) is 1. The SMILES string of the molecule is O=C(Cl)Cc1ccc(Br)c(F)c1. The molecule has 0 aliphatic heterocycles. The average molecular weight is 251 g/mol. The van der Waals surface area contributed by atoms with Gasteiger partial charge in [-0.1, -0.05) is 6.07 Å². The van der Waals surface area contributed by atoms with E-state index in [1.165, 1.54) is 6.07 Å². The summed E-state index contributed by atoms with van der Waals surface area (Å²) in [7, 11) is 0. The van der Waals surface area contributed by atoms with Crippen LogP contribution >= 0.6 is 27.5 Å². The Morgan fingerprint density at radius 1 is 1.58 bits per heavy atom. The van der Waals surface area contributed by atoms with Crippen LogP contribution in [0.2, 0.25) is 0 Å². The van der Waals surface area contributed by atoms with Gasteiger partial charge in [0, 0.05) is 6.42 Å². The van der Waals surface area contributed by atoms with Gasteiger partial charge in [0.05, 0.1) is 4.47 Å². The van der Waals surface area contributed by atoms with Gasteiger partial charge in [0.15, 0.2) is 0 Å². The standard InChI is InChI=1S/C8H5BrClFO/c9-6-2-1-5(3-7(6)11)4-8(10)12/h1-3H,4H2. The highest BCUT2D eigenvalue weighted by Crippen LogP contribution is 2.16. The highest BCUT2D eigenvalue weighted by atomic mass is 79.9. The first-order chi connectivity index (χ1) is 5.59. The molecule has 0 aliphatic rings. The van der Waals surface area contributed by atoms with Gasteiger partial charge >= 0.3 is 0 Å². The molecule has 12 heavy (non-hydrogen) atoms. The fraction of sp³-hybridized carbons (Fsp3) is 0.125. The van der Waals surface area contributed by atoms with Gasteiger partial charge < -0.3 is 0 Å². The summed E-state index contributed by atoms with van der Waals surface area (Å²) in [6.45, 7) is 0. The highest BCUT2D eigenvalue weighted by Gasteiger charge is 2.03. The molecule has 0 atom stereocenters. The molecule has 0 radical (unpaired) electrons. The van der Waals surface area contributed by atoms with Crippen molar-refractivity contribution < 1.29 is 9.18 Å². The maximum absolute atomic E-state index is 12.8. The summed E-state index contributed by atoms with van der Waals surface area (Å²) in [6, 6.07) is 4.47. The molecule has 0 N–H and O–H groups in total. The Morgan fingerprint density at radius 3 is 2.75 bits per heavy atom. The Labute approximate surface area is 82.7 Å². The predicted molar refractivity (Wildman–Crippen MR) is 48.7 cm³/mol. The fourth-order valence-electron chi connectivity index (χ4n) is 0.810. The molecule has 64 valence electrons. The van der Waals surface area contributed by atoms with Crippen LogP contribution in [0.4, 0.5) is 4.39 Å². The molecule has 0 saturated carbocycles. The molecule has 0 heterocycles. The maximum Gasteiger partial charge on any atom is 0.226 e. The first kappa shape index (κ1) is 9.68. The lowest BCUT2D eigenvalue weighted by molar-refractivity contribution is -0.111. The molecule has 1 rings (SSSR count). The second-order valence-corrected chi connectivity index (χ2v) is 3.56. The number of benzene rings is 1.